The standard InChI is InChI=1S/C18H24N4O2/c1-3-6-13(2)22-11-14(9-17(22)23)18(24)19-10-15-12-21-8-5-4-7-16(21)20-15/h4-5,7-8,12-14H,3,6,9-11H2,1-2H3,(H,19,24)/t13-,14-/m1/s1. The zero-order chi connectivity index (χ0) is 17.1. The van der Waals surface area contributed by atoms with Crippen LogP contribution in [0.3, 0.4) is 0 Å². The second kappa shape index (κ2) is 7.03. The van der Waals surface area contributed by atoms with Gasteiger partial charge in [-0.05, 0) is 25.5 Å². The minimum Gasteiger partial charge on any atom is -0.350 e. The summed E-state index contributed by atoms with van der Waals surface area (Å²) in [5.74, 6) is -0.232. The highest BCUT2D eigenvalue weighted by molar-refractivity contribution is 5.89. The molecule has 6 nitrogen and oxygen atoms in total. The molecule has 0 radical (unpaired) electrons. The monoisotopic (exact) mass is 328 g/mol. The molecular weight excluding hydrogens is 304 g/mol. The highest BCUT2D eigenvalue weighted by atomic mass is 16.2. The van der Waals surface area contributed by atoms with Crippen LogP contribution in [0.1, 0.15) is 38.8 Å². The van der Waals surface area contributed by atoms with Crippen molar-refractivity contribution in [1.82, 2.24) is 19.6 Å². The van der Waals surface area contributed by atoms with Crippen molar-refractivity contribution in [2.75, 3.05) is 6.54 Å². The van der Waals surface area contributed by atoms with Crippen LogP contribution in [0.2, 0.25) is 0 Å². The summed E-state index contributed by atoms with van der Waals surface area (Å²) in [6, 6.07) is 6.00. The number of carbonyl (C=O) groups excluding carboxylic acids is 2. The molecule has 2 aromatic rings. The molecule has 6 heteroatoms. The van der Waals surface area contributed by atoms with Gasteiger partial charge in [-0.25, -0.2) is 4.98 Å². The van der Waals surface area contributed by atoms with Gasteiger partial charge in [-0.3, -0.25) is 9.59 Å². The predicted molar refractivity (Wildman–Crippen MR) is 91.2 cm³/mol. The number of nitrogens with zero attached hydrogens (tertiary/aromatic N) is 3. The van der Waals surface area contributed by atoms with E-state index in [1.165, 1.54) is 0 Å². The number of imidazole rings is 1. The third kappa shape index (κ3) is 3.42. The molecule has 0 aliphatic carbocycles. The zero-order valence-corrected chi connectivity index (χ0v) is 14.2. The van der Waals surface area contributed by atoms with Crippen molar-refractivity contribution in [2.24, 2.45) is 5.92 Å². The Kier molecular flexibility index (Phi) is 4.83. The molecule has 3 rings (SSSR count). The van der Waals surface area contributed by atoms with Crippen molar-refractivity contribution in [3.63, 3.8) is 0 Å². The summed E-state index contributed by atoms with van der Waals surface area (Å²) in [4.78, 5) is 30.8. The average Bonchev–Trinajstić information content (AvgIpc) is 3.16. The molecule has 1 saturated heterocycles. The number of fused-ring (bicyclic) bond motifs is 1. The molecule has 0 spiro atoms. The lowest BCUT2D eigenvalue weighted by Crippen LogP contribution is -2.36. The number of likely N-dealkylation sites (tertiary alicyclic amines) is 1. The van der Waals surface area contributed by atoms with Gasteiger partial charge in [-0.2, -0.15) is 0 Å². The van der Waals surface area contributed by atoms with Gasteiger partial charge in [0.2, 0.25) is 11.8 Å². The maximum atomic E-state index is 12.4. The van der Waals surface area contributed by atoms with Gasteiger partial charge < -0.3 is 14.6 Å². The van der Waals surface area contributed by atoms with Gasteiger partial charge in [0.25, 0.3) is 0 Å². The largest absolute Gasteiger partial charge is 0.350 e. The van der Waals surface area contributed by atoms with Crippen molar-refractivity contribution in [3.8, 4) is 0 Å². The first kappa shape index (κ1) is 16.5. The second-order valence-corrected chi connectivity index (χ2v) is 6.50. The smallest absolute Gasteiger partial charge is 0.225 e. The number of amides is 2. The summed E-state index contributed by atoms with van der Waals surface area (Å²) in [7, 11) is 0. The predicted octanol–water partition coefficient (Wildman–Crippen LogP) is 1.99. The molecule has 0 unspecified atom stereocenters. The van der Waals surface area contributed by atoms with Gasteiger partial charge >= 0.3 is 0 Å². The summed E-state index contributed by atoms with van der Waals surface area (Å²) >= 11 is 0. The number of nitrogens with one attached hydrogen (secondary N) is 1. The average molecular weight is 328 g/mol. The third-order valence-corrected chi connectivity index (χ3v) is 4.63. The van der Waals surface area contributed by atoms with Crippen molar-refractivity contribution < 1.29 is 9.59 Å². The number of hydrogen-bond donors (Lipinski definition) is 1. The van der Waals surface area contributed by atoms with Crippen LogP contribution in [0.4, 0.5) is 0 Å². The Bertz CT molecular complexity index is 706. The van der Waals surface area contributed by atoms with Crippen LogP contribution in [-0.2, 0) is 16.1 Å². The fourth-order valence-corrected chi connectivity index (χ4v) is 3.30. The van der Waals surface area contributed by atoms with Crippen LogP contribution in [0, 0.1) is 5.92 Å². The maximum absolute atomic E-state index is 12.4. The van der Waals surface area contributed by atoms with Crippen LogP contribution in [-0.4, -0.2) is 38.7 Å². The second-order valence-electron chi connectivity index (χ2n) is 6.50. The lowest BCUT2D eigenvalue weighted by atomic mass is 10.1. The van der Waals surface area contributed by atoms with E-state index in [2.05, 4.69) is 24.1 Å². The van der Waals surface area contributed by atoms with E-state index < -0.39 is 0 Å². The third-order valence-electron chi connectivity index (χ3n) is 4.63. The lowest BCUT2D eigenvalue weighted by Gasteiger charge is -2.24. The Morgan fingerprint density at radius 1 is 1.46 bits per heavy atom. The van der Waals surface area contributed by atoms with E-state index in [0.717, 1.165) is 24.2 Å². The summed E-state index contributed by atoms with van der Waals surface area (Å²) in [5, 5.41) is 2.92. The fourth-order valence-electron chi connectivity index (χ4n) is 3.30. The molecule has 0 aromatic carbocycles. The molecule has 2 amide bonds. The highest BCUT2D eigenvalue weighted by Gasteiger charge is 2.36. The molecule has 24 heavy (non-hydrogen) atoms. The molecule has 1 aliphatic rings. The first-order valence-corrected chi connectivity index (χ1v) is 8.58. The summed E-state index contributed by atoms with van der Waals surface area (Å²) < 4.78 is 1.93. The van der Waals surface area contributed by atoms with Crippen LogP contribution < -0.4 is 5.32 Å². The molecule has 1 fully saturated rings. The van der Waals surface area contributed by atoms with E-state index in [9.17, 15) is 9.59 Å². The van der Waals surface area contributed by atoms with E-state index >= 15 is 0 Å². The normalized spacial score (nSPS) is 19.0. The van der Waals surface area contributed by atoms with E-state index in [4.69, 9.17) is 0 Å². The van der Waals surface area contributed by atoms with Gasteiger partial charge in [0.05, 0.1) is 18.2 Å². The Labute approximate surface area is 141 Å². The first-order chi connectivity index (χ1) is 11.6. The highest BCUT2D eigenvalue weighted by Crippen LogP contribution is 2.22. The summed E-state index contributed by atoms with van der Waals surface area (Å²) in [6.07, 6.45) is 6.16. The zero-order valence-electron chi connectivity index (χ0n) is 14.2. The van der Waals surface area contributed by atoms with Gasteiger partial charge in [0, 0.05) is 31.4 Å². The Morgan fingerprint density at radius 2 is 2.29 bits per heavy atom. The minimum absolute atomic E-state index is 0.0633. The SMILES string of the molecule is CCC[C@@H](C)N1C[C@H](C(=O)NCc2cn3ccccc3n2)CC1=O. The van der Waals surface area contributed by atoms with Crippen LogP contribution >= 0.6 is 0 Å². The summed E-state index contributed by atoms with van der Waals surface area (Å²) in [6.45, 7) is 5.07. The Balaban J connectivity index is 1.56. The molecule has 0 saturated carbocycles. The minimum atomic E-state index is -0.256. The van der Waals surface area contributed by atoms with Crippen LogP contribution in [0.5, 0.6) is 0 Å². The number of pyridine rings is 1. The molecule has 1 aliphatic heterocycles. The topological polar surface area (TPSA) is 66.7 Å². The van der Waals surface area contributed by atoms with E-state index in [1.54, 1.807) is 0 Å². The first-order valence-electron chi connectivity index (χ1n) is 8.58. The van der Waals surface area contributed by atoms with Crippen LogP contribution in [0.15, 0.2) is 30.6 Å². The number of aromatic nitrogens is 2. The van der Waals surface area contributed by atoms with Crippen molar-refractivity contribution in [1.29, 1.82) is 0 Å². The molecule has 2 aromatic heterocycles. The summed E-state index contributed by atoms with van der Waals surface area (Å²) in [5.41, 5.74) is 1.67. The molecule has 2 atom stereocenters. The van der Waals surface area contributed by atoms with E-state index in [-0.39, 0.29) is 23.8 Å². The molecule has 128 valence electrons. The fraction of sp³-hybridized carbons (Fsp3) is 0.500. The Hall–Kier alpha value is -2.37. The number of carbonyl (C=O) groups is 2. The molecule has 3 heterocycles. The molecular formula is C18H24N4O2. The maximum Gasteiger partial charge on any atom is 0.225 e. The van der Waals surface area contributed by atoms with Gasteiger partial charge in [-0.15, -0.1) is 0 Å². The molecule has 1 N–H and O–H groups in total. The number of hydrogen-bond acceptors (Lipinski definition) is 3. The van der Waals surface area contributed by atoms with E-state index in [1.807, 2.05) is 39.9 Å². The lowest BCUT2D eigenvalue weighted by molar-refractivity contribution is -0.130. The van der Waals surface area contributed by atoms with Crippen molar-refractivity contribution >= 4 is 17.5 Å². The quantitative estimate of drug-likeness (QED) is 0.882. The van der Waals surface area contributed by atoms with Gasteiger partial charge in [0.1, 0.15) is 5.65 Å². The van der Waals surface area contributed by atoms with Gasteiger partial charge in [-0.1, -0.05) is 19.4 Å². The van der Waals surface area contributed by atoms with Gasteiger partial charge in [0.15, 0.2) is 0 Å². The Morgan fingerprint density at radius 3 is 3.04 bits per heavy atom. The number of rotatable bonds is 6. The van der Waals surface area contributed by atoms with E-state index in [0.29, 0.717) is 19.5 Å². The molecule has 0 bridgehead atoms. The van der Waals surface area contributed by atoms with Crippen molar-refractivity contribution in [2.45, 2.75) is 45.7 Å². The van der Waals surface area contributed by atoms with Crippen molar-refractivity contribution in [3.05, 3.63) is 36.3 Å². The van der Waals surface area contributed by atoms with Crippen LogP contribution in [0.25, 0.3) is 5.65 Å².